The summed E-state index contributed by atoms with van der Waals surface area (Å²) >= 11 is 8.68. The number of halogens is 1. The van der Waals surface area contributed by atoms with Crippen molar-refractivity contribution in [3.63, 3.8) is 0 Å². The van der Waals surface area contributed by atoms with Gasteiger partial charge in [0.2, 0.25) is 11.0 Å². The van der Waals surface area contributed by atoms with Crippen molar-refractivity contribution < 1.29 is 13.2 Å². The second kappa shape index (κ2) is 9.99. The molecule has 11 heteroatoms. The van der Waals surface area contributed by atoms with E-state index in [-0.39, 0.29) is 4.90 Å². The van der Waals surface area contributed by atoms with Gasteiger partial charge in [0.05, 0.1) is 10.6 Å². The van der Waals surface area contributed by atoms with E-state index < -0.39 is 22.5 Å². The van der Waals surface area contributed by atoms with Crippen LogP contribution in [0.5, 0.6) is 0 Å². The number of nitrogens with one attached hydrogen (secondary N) is 1. The molecule has 7 nitrogen and oxygen atoms in total. The van der Waals surface area contributed by atoms with Gasteiger partial charge >= 0.3 is 0 Å². The SMILES string of the molecule is Cc1ccc(N(CC(=O)Nc2nnc(SC(C)C)s2)S(=O)(=O)c2ccc(Cl)cc2)cc1. The van der Waals surface area contributed by atoms with Gasteiger partial charge in [0, 0.05) is 10.3 Å². The van der Waals surface area contributed by atoms with Gasteiger partial charge in [0.25, 0.3) is 10.0 Å². The second-order valence-corrected chi connectivity index (χ2v) is 12.0. The van der Waals surface area contributed by atoms with Gasteiger partial charge < -0.3 is 0 Å². The average Bonchev–Trinajstić information content (AvgIpc) is 3.13. The zero-order valence-corrected chi connectivity index (χ0v) is 20.3. The van der Waals surface area contributed by atoms with E-state index in [0.29, 0.717) is 21.1 Å². The van der Waals surface area contributed by atoms with Crippen molar-refractivity contribution in [1.82, 2.24) is 10.2 Å². The minimum Gasteiger partial charge on any atom is -0.299 e. The van der Waals surface area contributed by atoms with E-state index in [1.807, 2.05) is 20.8 Å². The Bertz CT molecular complexity index is 1150. The van der Waals surface area contributed by atoms with Crippen LogP contribution in [0.4, 0.5) is 10.8 Å². The van der Waals surface area contributed by atoms with E-state index in [1.165, 1.54) is 47.4 Å². The van der Waals surface area contributed by atoms with Crippen LogP contribution >= 0.6 is 34.7 Å². The van der Waals surface area contributed by atoms with Gasteiger partial charge in [-0.2, -0.15) is 0 Å². The molecular formula is C20H21ClN4O3S3. The second-order valence-electron chi connectivity index (χ2n) is 6.89. The summed E-state index contributed by atoms with van der Waals surface area (Å²) in [5, 5.41) is 11.7. The van der Waals surface area contributed by atoms with Crippen LogP contribution < -0.4 is 9.62 Å². The molecule has 31 heavy (non-hydrogen) atoms. The lowest BCUT2D eigenvalue weighted by Crippen LogP contribution is -2.38. The van der Waals surface area contributed by atoms with Crippen molar-refractivity contribution in [1.29, 1.82) is 0 Å². The molecule has 164 valence electrons. The predicted octanol–water partition coefficient (Wildman–Crippen LogP) is 4.83. The Morgan fingerprint density at radius 3 is 2.39 bits per heavy atom. The lowest BCUT2D eigenvalue weighted by Gasteiger charge is -2.24. The molecule has 0 fully saturated rings. The molecule has 3 aromatic rings. The molecule has 0 aliphatic heterocycles. The average molecular weight is 497 g/mol. The quantitative estimate of drug-likeness (QED) is 0.354. The predicted molar refractivity (Wildman–Crippen MR) is 127 cm³/mol. The molecule has 0 radical (unpaired) electrons. The molecular weight excluding hydrogens is 476 g/mol. The number of aryl methyl sites for hydroxylation is 1. The van der Waals surface area contributed by atoms with Gasteiger partial charge in [-0.15, -0.1) is 10.2 Å². The van der Waals surface area contributed by atoms with E-state index in [1.54, 1.807) is 24.3 Å². The molecule has 2 aromatic carbocycles. The third kappa shape index (κ3) is 6.19. The molecule has 0 saturated carbocycles. The smallest absolute Gasteiger partial charge is 0.264 e. The Morgan fingerprint density at radius 2 is 1.77 bits per heavy atom. The van der Waals surface area contributed by atoms with Crippen LogP contribution in [0.15, 0.2) is 57.8 Å². The van der Waals surface area contributed by atoms with Crippen molar-refractivity contribution in [2.24, 2.45) is 0 Å². The van der Waals surface area contributed by atoms with Gasteiger partial charge in [-0.1, -0.05) is 66.2 Å². The Balaban J connectivity index is 1.86. The number of sulfonamides is 1. The number of rotatable bonds is 8. The van der Waals surface area contributed by atoms with E-state index in [9.17, 15) is 13.2 Å². The zero-order chi connectivity index (χ0) is 22.6. The maximum atomic E-state index is 13.3. The Morgan fingerprint density at radius 1 is 1.13 bits per heavy atom. The van der Waals surface area contributed by atoms with E-state index >= 15 is 0 Å². The first-order valence-electron chi connectivity index (χ1n) is 9.30. The molecule has 0 bridgehead atoms. The normalized spacial score (nSPS) is 11.5. The van der Waals surface area contributed by atoms with Crippen LogP contribution in [0.2, 0.25) is 5.02 Å². The van der Waals surface area contributed by atoms with Crippen molar-refractivity contribution in [2.75, 3.05) is 16.2 Å². The molecule has 0 spiro atoms. The number of carbonyl (C=O) groups excluding carboxylic acids is 1. The summed E-state index contributed by atoms with van der Waals surface area (Å²) in [5.74, 6) is -0.518. The molecule has 0 aliphatic rings. The lowest BCUT2D eigenvalue weighted by atomic mass is 10.2. The largest absolute Gasteiger partial charge is 0.299 e. The van der Waals surface area contributed by atoms with Gasteiger partial charge in [0.15, 0.2) is 4.34 Å². The van der Waals surface area contributed by atoms with E-state index in [0.717, 1.165) is 14.2 Å². The van der Waals surface area contributed by atoms with Crippen molar-refractivity contribution in [3.05, 3.63) is 59.1 Å². The first kappa shape index (κ1) is 23.5. The van der Waals surface area contributed by atoms with E-state index in [2.05, 4.69) is 15.5 Å². The Kier molecular flexibility index (Phi) is 7.58. The molecule has 1 N–H and O–H groups in total. The highest BCUT2D eigenvalue weighted by molar-refractivity contribution is 8.01. The summed E-state index contributed by atoms with van der Waals surface area (Å²) in [7, 11) is -4.00. The third-order valence-corrected chi connectivity index (χ3v) is 7.97. The summed E-state index contributed by atoms with van der Waals surface area (Å²) in [6.07, 6.45) is 0. The van der Waals surface area contributed by atoms with Crippen LogP contribution in [0.3, 0.4) is 0 Å². The molecule has 1 heterocycles. The number of hydrogen-bond acceptors (Lipinski definition) is 7. The number of carbonyl (C=O) groups is 1. The number of hydrogen-bond donors (Lipinski definition) is 1. The molecule has 0 atom stereocenters. The maximum Gasteiger partial charge on any atom is 0.264 e. The third-order valence-electron chi connectivity index (χ3n) is 4.00. The molecule has 1 aromatic heterocycles. The highest BCUT2D eigenvalue weighted by Crippen LogP contribution is 2.29. The fraction of sp³-hybridized carbons (Fsp3) is 0.250. The number of thioether (sulfide) groups is 1. The number of anilines is 2. The van der Waals surface area contributed by atoms with E-state index in [4.69, 9.17) is 11.6 Å². The van der Waals surface area contributed by atoms with Crippen LogP contribution in [0.25, 0.3) is 0 Å². The first-order valence-corrected chi connectivity index (χ1v) is 12.8. The summed E-state index contributed by atoms with van der Waals surface area (Å²) < 4.78 is 28.4. The van der Waals surface area contributed by atoms with Crippen LogP contribution in [-0.2, 0) is 14.8 Å². The maximum absolute atomic E-state index is 13.3. The lowest BCUT2D eigenvalue weighted by molar-refractivity contribution is -0.114. The highest BCUT2D eigenvalue weighted by Gasteiger charge is 2.27. The van der Waals surface area contributed by atoms with Gasteiger partial charge in [-0.25, -0.2) is 8.42 Å². The highest BCUT2D eigenvalue weighted by atomic mass is 35.5. The number of benzene rings is 2. The standard InChI is InChI=1S/C20H21ClN4O3S3/c1-13(2)29-20-24-23-19(30-20)22-18(26)12-25(16-8-4-14(3)5-9-16)31(27,28)17-10-6-15(21)7-11-17/h4-11,13H,12H2,1-3H3,(H,22,23,26). The van der Waals surface area contributed by atoms with Gasteiger partial charge in [-0.3, -0.25) is 14.4 Å². The molecule has 0 saturated heterocycles. The summed E-state index contributed by atoms with van der Waals surface area (Å²) in [5.41, 5.74) is 1.35. The van der Waals surface area contributed by atoms with Crippen molar-refractivity contribution >= 4 is 61.4 Å². The topological polar surface area (TPSA) is 92.3 Å². The van der Waals surface area contributed by atoms with Crippen molar-refractivity contribution in [2.45, 2.75) is 35.3 Å². The minimum atomic E-state index is -4.00. The summed E-state index contributed by atoms with van der Waals surface area (Å²) in [6, 6.07) is 12.7. The zero-order valence-electron chi connectivity index (χ0n) is 17.1. The Labute approximate surface area is 194 Å². The van der Waals surface area contributed by atoms with Crippen molar-refractivity contribution in [3.8, 4) is 0 Å². The van der Waals surface area contributed by atoms with Crippen LogP contribution in [0.1, 0.15) is 19.4 Å². The summed E-state index contributed by atoms with van der Waals surface area (Å²) in [4.78, 5) is 12.8. The number of nitrogens with zero attached hydrogens (tertiary/aromatic N) is 3. The van der Waals surface area contributed by atoms with Gasteiger partial charge in [-0.05, 0) is 43.3 Å². The minimum absolute atomic E-state index is 0.0387. The fourth-order valence-electron chi connectivity index (χ4n) is 2.56. The number of amides is 1. The fourth-order valence-corrected chi connectivity index (χ4v) is 6.10. The molecule has 0 unspecified atom stereocenters. The molecule has 0 aliphatic carbocycles. The Hall–Kier alpha value is -2.14. The van der Waals surface area contributed by atoms with Crippen LogP contribution in [-0.4, -0.2) is 36.3 Å². The first-order chi connectivity index (χ1) is 14.6. The van der Waals surface area contributed by atoms with Crippen LogP contribution in [0, 0.1) is 6.92 Å². The molecule has 1 amide bonds. The molecule has 3 rings (SSSR count). The summed E-state index contributed by atoms with van der Waals surface area (Å²) in [6.45, 7) is 5.55. The monoisotopic (exact) mass is 496 g/mol. The number of aromatic nitrogens is 2. The van der Waals surface area contributed by atoms with Gasteiger partial charge in [0.1, 0.15) is 6.54 Å².